The molecule has 0 unspecified atom stereocenters. The van der Waals surface area contributed by atoms with Crippen LogP contribution in [0.2, 0.25) is 5.02 Å². The van der Waals surface area contributed by atoms with Gasteiger partial charge in [-0.3, -0.25) is 4.79 Å². The maximum absolute atomic E-state index is 12.4. The average molecular weight is 404 g/mol. The highest BCUT2D eigenvalue weighted by molar-refractivity contribution is 6.30. The number of hydrogen-bond acceptors (Lipinski definition) is 3. The molecule has 7 heteroatoms. The first-order chi connectivity index (χ1) is 13.4. The van der Waals surface area contributed by atoms with Crippen LogP contribution in [0.3, 0.4) is 0 Å². The maximum atomic E-state index is 12.4. The second kappa shape index (κ2) is 10.6. The molecule has 0 spiro atoms. The Morgan fingerprint density at radius 2 is 1.75 bits per heavy atom. The van der Waals surface area contributed by atoms with E-state index in [1.54, 1.807) is 49.2 Å². The molecule has 0 saturated heterocycles. The summed E-state index contributed by atoms with van der Waals surface area (Å²) in [5.41, 5.74) is 1.88. The molecule has 0 fully saturated rings. The van der Waals surface area contributed by atoms with Crippen LogP contribution in [0.4, 0.5) is 4.79 Å². The molecule has 2 aromatic carbocycles. The fourth-order valence-electron chi connectivity index (χ4n) is 2.75. The van der Waals surface area contributed by atoms with Crippen molar-refractivity contribution >= 4 is 23.5 Å². The van der Waals surface area contributed by atoms with E-state index in [4.69, 9.17) is 16.3 Å². The van der Waals surface area contributed by atoms with Crippen molar-refractivity contribution in [1.82, 2.24) is 15.1 Å². The van der Waals surface area contributed by atoms with Crippen molar-refractivity contribution in [2.45, 2.75) is 19.5 Å². The number of nitrogens with one attached hydrogen (secondary N) is 1. The Morgan fingerprint density at radius 1 is 1.04 bits per heavy atom. The summed E-state index contributed by atoms with van der Waals surface area (Å²) in [6.07, 6.45) is 0.213. The van der Waals surface area contributed by atoms with Gasteiger partial charge in [-0.15, -0.1) is 0 Å². The molecule has 150 valence electrons. The SMILES string of the molecule is COc1ccc(Cl)cc1CN(C)C(=O)CCNC(=O)N(C)Cc1ccccc1. The van der Waals surface area contributed by atoms with Gasteiger partial charge in [-0.05, 0) is 23.8 Å². The number of amides is 3. The third kappa shape index (κ3) is 6.46. The molecular weight excluding hydrogens is 378 g/mol. The van der Waals surface area contributed by atoms with E-state index in [0.717, 1.165) is 11.1 Å². The molecule has 1 N–H and O–H groups in total. The molecule has 0 atom stereocenters. The fraction of sp³-hybridized carbons (Fsp3) is 0.333. The molecule has 0 saturated carbocycles. The smallest absolute Gasteiger partial charge is 0.317 e. The minimum absolute atomic E-state index is 0.0759. The number of methoxy groups -OCH3 is 1. The summed E-state index contributed by atoms with van der Waals surface area (Å²) in [4.78, 5) is 27.7. The first-order valence-corrected chi connectivity index (χ1v) is 9.37. The zero-order valence-corrected chi connectivity index (χ0v) is 17.2. The van der Waals surface area contributed by atoms with Crippen LogP contribution in [-0.2, 0) is 17.9 Å². The van der Waals surface area contributed by atoms with Crippen molar-refractivity contribution in [2.24, 2.45) is 0 Å². The largest absolute Gasteiger partial charge is 0.496 e. The van der Waals surface area contributed by atoms with Gasteiger partial charge in [-0.25, -0.2) is 4.79 Å². The van der Waals surface area contributed by atoms with Crippen LogP contribution in [0, 0.1) is 0 Å². The van der Waals surface area contributed by atoms with Crippen LogP contribution in [0.5, 0.6) is 5.75 Å². The Balaban J connectivity index is 1.78. The average Bonchev–Trinajstić information content (AvgIpc) is 2.68. The summed E-state index contributed by atoms with van der Waals surface area (Å²) in [5, 5.41) is 3.37. The van der Waals surface area contributed by atoms with Gasteiger partial charge in [-0.1, -0.05) is 41.9 Å². The minimum Gasteiger partial charge on any atom is -0.496 e. The number of halogens is 1. The Hall–Kier alpha value is -2.73. The van der Waals surface area contributed by atoms with E-state index in [9.17, 15) is 9.59 Å². The lowest BCUT2D eigenvalue weighted by Crippen LogP contribution is -2.39. The van der Waals surface area contributed by atoms with Crippen molar-refractivity contribution in [2.75, 3.05) is 27.7 Å². The molecule has 0 heterocycles. The van der Waals surface area contributed by atoms with Gasteiger partial charge in [-0.2, -0.15) is 0 Å². The summed E-state index contributed by atoms with van der Waals surface area (Å²) in [5.74, 6) is 0.605. The Labute approximate surface area is 171 Å². The molecule has 2 rings (SSSR count). The van der Waals surface area contributed by atoms with Gasteiger partial charge in [0.2, 0.25) is 5.91 Å². The quantitative estimate of drug-likeness (QED) is 0.733. The molecule has 0 aromatic heterocycles. The molecule has 0 aliphatic heterocycles. The lowest BCUT2D eigenvalue weighted by Gasteiger charge is -2.20. The van der Waals surface area contributed by atoms with Gasteiger partial charge in [0.1, 0.15) is 5.75 Å². The molecule has 0 bridgehead atoms. The van der Waals surface area contributed by atoms with Crippen LogP contribution >= 0.6 is 11.6 Å². The van der Waals surface area contributed by atoms with Crippen LogP contribution in [0.1, 0.15) is 17.5 Å². The molecule has 0 aliphatic carbocycles. The predicted octanol–water partition coefficient (Wildman–Crippen LogP) is 3.54. The minimum atomic E-state index is -0.212. The van der Waals surface area contributed by atoms with E-state index < -0.39 is 0 Å². The highest BCUT2D eigenvalue weighted by atomic mass is 35.5. The van der Waals surface area contributed by atoms with E-state index in [1.807, 2.05) is 30.3 Å². The van der Waals surface area contributed by atoms with Gasteiger partial charge in [0.25, 0.3) is 0 Å². The Morgan fingerprint density at radius 3 is 2.43 bits per heavy atom. The maximum Gasteiger partial charge on any atom is 0.317 e. The first-order valence-electron chi connectivity index (χ1n) is 9.00. The van der Waals surface area contributed by atoms with E-state index in [1.165, 1.54) is 0 Å². The lowest BCUT2D eigenvalue weighted by molar-refractivity contribution is -0.130. The zero-order valence-electron chi connectivity index (χ0n) is 16.4. The number of nitrogens with zero attached hydrogens (tertiary/aromatic N) is 2. The number of urea groups is 1. The zero-order chi connectivity index (χ0) is 20.5. The molecular formula is C21H26ClN3O3. The molecule has 0 aliphatic rings. The van der Waals surface area contributed by atoms with Gasteiger partial charge >= 0.3 is 6.03 Å². The predicted molar refractivity (Wildman–Crippen MR) is 110 cm³/mol. The monoisotopic (exact) mass is 403 g/mol. The van der Waals surface area contributed by atoms with E-state index >= 15 is 0 Å². The summed E-state index contributed by atoms with van der Waals surface area (Å²) in [6.45, 7) is 1.16. The van der Waals surface area contributed by atoms with Crippen molar-refractivity contribution in [1.29, 1.82) is 0 Å². The summed E-state index contributed by atoms with van der Waals surface area (Å²) in [7, 11) is 5.02. The molecule has 2 aromatic rings. The Kier molecular flexibility index (Phi) is 8.14. The van der Waals surface area contributed by atoms with Gasteiger partial charge < -0.3 is 19.9 Å². The highest BCUT2D eigenvalue weighted by Gasteiger charge is 2.14. The van der Waals surface area contributed by atoms with E-state index in [0.29, 0.717) is 23.9 Å². The molecule has 6 nitrogen and oxygen atoms in total. The van der Waals surface area contributed by atoms with Crippen molar-refractivity contribution < 1.29 is 14.3 Å². The number of hydrogen-bond donors (Lipinski definition) is 1. The van der Waals surface area contributed by atoms with Crippen molar-refractivity contribution in [3.05, 3.63) is 64.7 Å². The first kappa shape index (κ1) is 21.6. The van der Waals surface area contributed by atoms with Gasteiger partial charge in [0.05, 0.1) is 7.11 Å². The van der Waals surface area contributed by atoms with Crippen LogP contribution in [0.25, 0.3) is 0 Å². The molecule has 28 heavy (non-hydrogen) atoms. The van der Waals surface area contributed by atoms with E-state index in [2.05, 4.69) is 5.32 Å². The number of rotatable bonds is 8. The number of ether oxygens (including phenoxy) is 1. The van der Waals surface area contributed by atoms with Crippen molar-refractivity contribution in [3.63, 3.8) is 0 Å². The Bertz CT molecular complexity index is 799. The highest BCUT2D eigenvalue weighted by Crippen LogP contribution is 2.23. The molecule has 0 radical (unpaired) electrons. The second-order valence-corrected chi connectivity index (χ2v) is 6.97. The van der Waals surface area contributed by atoms with Crippen LogP contribution in [-0.4, -0.2) is 49.5 Å². The fourth-order valence-corrected chi connectivity index (χ4v) is 2.94. The number of carbonyl (C=O) groups excluding carboxylic acids is 2. The third-order valence-corrected chi connectivity index (χ3v) is 4.54. The molecule has 3 amide bonds. The number of benzene rings is 2. The summed E-state index contributed by atoms with van der Waals surface area (Å²) >= 11 is 6.03. The van der Waals surface area contributed by atoms with Crippen molar-refractivity contribution in [3.8, 4) is 5.75 Å². The summed E-state index contributed by atoms with van der Waals surface area (Å²) < 4.78 is 5.31. The van der Waals surface area contributed by atoms with E-state index in [-0.39, 0.29) is 24.9 Å². The normalized spacial score (nSPS) is 10.3. The standard InChI is InChI=1S/C21H26ClN3O3/c1-24(15-17-13-18(22)9-10-19(17)28-3)20(26)11-12-23-21(27)25(2)14-16-7-5-4-6-8-16/h4-10,13H,11-12,14-15H2,1-3H3,(H,23,27). The number of carbonyl (C=O) groups is 2. The van der Waals surface area contributed by atoms with Crippen LogP contribution in [0.15, 0.2) is 48.5 Å². The van der Waals surface area contributed by atoms with Gasteiger partial charge in [0, 0.05) is 50.7 Å². The van der Waals surface area contributed by atoms with Gasteiger partial charge in [0.15, 0.2) is 0 Å². The topological polar surface area (TPSA) is 61.9 Å². The van der Waals surface area contributed by atoms with Crippen LogP contribution < -0.4 is 10.1 Å². The summed E-state index contributed by atoms with van der Waals surface area (Å²) in [6, 6.07) is 14.8. The third-order valence-electron chi connectivity index (χ3n) is 4.30. The lowest BCUT2D eigenvalue weighted by atomic mass is 10.2. The second-order valence-electron chi connectivity index (χ2n) is 6.53.